The third-order valence-electron chi connectivity index (χ3n) is 6.34. The fraction of sp³-hybridized carbons (Fsp3) is 0.280. The Kier molecular flexibility index (Phi) is 7.68. The van der Waals surface area contributed by atoms with Crippen molar-refractivity contribution < 1.29 is 13.2 Å². The van der Waals surface area contributed by atoms with Gasteiger partial charge in [0, 0.05) is 57.5 Å². The lowest BCUT2D eigenvalue weighted by Crippen LogP contribution is -2.43. The van der Waals surface area contributed by atoms with Crippen LogP contribution >= 0.6 is 15.9 Å². The number of sulfonamides is 1. The topological polar surface area (TPSA) is 138 Å². The Morgan fingerprint density at radius 1 is 1.05 bits per heavy atom. The summed E-state index contributed by atoms with van der Waals surface area (Å²) in [6.45, 7) is 3.68. The lowest BCUT2D eigenvalue weighted by Gasteiger charge is -2.30. The van der Waals surface area contributed by atoms with Crippen LogP contribution in [0.4, 0.5) is 34.5 Å². The average molecular weight is 615 g/mol. The molecule has 1 aliphatic rings. The molecule has 39 heavy (non-hydrogen) atoms. The molecular formula is C25H28BrN9O3S. The number of nitrogens with one attached hydrogen (secondary N) is 3. The average Bonchev–Trinajstić information content (AvgIpc) is 2.94. The van der Waals surface area contributed by atoms with Crippen LogP contribution in [-0.2, 0) is 10.0 Å². The SMILES string of the molecule is COc1ccc(N2CCNCC2)cc1Nc1ncc(Br)c(Nc2ccc3nccnc3c2N(C)S(C)(=O)=O)n1. The predicted molar refractivity (Wildman–Crippen MR) is 157 cm³/mol. The van der Waals surface area contributed by atoms with Crippen molar-refractivity contribution in [1.82, 2.24) is 25.3 Å². The van der Waals surface area contributed by atoms with Crippen LogP contribution in [0, 0.1) is 0 Å². The van der Waals surface area contributed by atoms with Gasteiger partial charge in [0.1, 0.15) is 22.8 Å². The van der Waals surface area contributed by atoms with Crippen LogP contribution in [0.1, 0.15) is 0 Å². The van der Waals surface area contributed by atoms with Gasteiger partial charge in [-0.05, 0) is 46.3 Å². The first kappa shape index (κ1) is 26.8. The summed E-state index contributed by atoms with van der Waals surface area (Å²) >= 11 is 3.50. The highest BCUT2D eigenvalue weighted by Gasteiger charge is 2.22. The van der Waals surface area contributed by atoms with Crippen molar-refractivity contribution in [2.24, 2.45) is 0 Å². The van der Waals surface area contributed by atoms with Crippen LogP contribution in [0.3, 0.4) is 0 Å². The first-order chi connectivity index (χ1) is 18.7. The van der Waals surface area contributed by atoms with E-state index in [0.717, 1.165) is 43.8 Å². The number of rotatable bonds is 8. The first-order valence-corrected chi connectivity index (χ1v) is 14.8. The molecule has 204 valence electrons. The number of hydrogen-bond acceptors (Lipinski definition) is 11. The van der Waals surface area contributed by atoms with Crippen LogP contribution in [-0.4, -0.2) is 74.9 Å². The van der Waals surface area contributed by atoms with Gasteiger partial charge in [-0.15, -0.1) is 0 Å². The van der Waals surface area contributed by atoms with Crippen molar-refractivity contribution in [3.63, 3.8) is 0 Å². The Balaban J connectivity index is 1.49. The quantitative estimate of drug-likeness (QED) is 0.269. The lowest BCUT2D eigenvalue weighted by molar-refractivity contribution is 0.416. The van der Waals surface area contributed by atoms with Gasteiger partial charge >= 0.3 is 0 Å². The Morgan fingerprint density at radius 2 is 1.82 bits per heavy atom. The van der Waals surface area contributed by atoms with Crippen LogP contribution in [0.15, 0.2) is 53.4 Å². The molecule has 1 fully saturated rings. The maximum atomic E-state index is 12.5. The lowest BCUT2D eigenvalue weighted by atomic mass is 10.2. The van der Waals surface area contributed by atoms with Crippen molar-refractivity contribution in [2.45, 2.75) is 0 Å². The van der Waals surface area contributed by atoms with Crippen molar-refractivity contribution in [2.75, 3.05) is 66.4 Å². The minimum atomic E-state index is -3.60. The standard InChI is InChI=1S/C25H28BrN9O3S/c1-34(39(3,36)37)23-19(6-5-18-22(23)29-9-8-28-18)31-24-17(26)15-30-25(33-24)32-20-14-16(4-7-21(20)38-2)35-12-10-27-11-13-35/h4-9,14-15,27H,10-13H2,1-3H3,(H2,30,31,32,33). The van der Waals surface area contributed by atoms with E-state index in [0.29, 0.717) is 44.4 Å². The summed E-state index contributed by atoms with van der Waals surface area (Å²) in [5.74, 6) is 1.41. The van der Waals surface area contributed by atoms with Crippen LogP contribution in [0.25, 0.3) is 11.0 Å². The minimum absolute atomic E-state index is 0.329. The van der Waals surface area contributed by atoms with Crippen molar-refractivity contribution >= 4 is 71.5 Å². The molecule has 0 saturated carbocycles. The van der Waals surface area contributed by atoms with Crippen molar-refractivity contribution in [1.29, 1.82) is 0 Å². The van der Waals surface area contributed by atoms with Gasteiger partial charge in [0.15, 0.2) is 0 Å². The molecule has 0 unspecified atom stereocenters. The number of methoxy groups -OCH3 is 1. The Hall–Kier alpha value is -3.75. The summed E-state index contributed by atoms with van der Waals surface area (Å²) in [7, 11) is -0.506. The van der Waals surface area contributed by atoms with Crippen LogP contribution < -0.4 is 29.9 Å². The second-order valence-corrected chi connectivity index (χ2v) is 11.7. The Labute approximate surface area is 235 Å². The second-order valence-electron chi connectivity index (χ2n) is 8.88. The molecule has 1 saturated heterocycles. The fourth-order valence-corrected chi connectivity index (χ4v) is 5.09. The van der Waals surface area contributed by atoms with Crippen molar-refractivity contribution in [3.05, 3.63) is 53.4 Å². The number of benzene rings is 2. The highest BCUT2D eigenvalue weighted by Crippen LogP contribution is 2.37. The molecule has 2 aromatic heterocycles. The van der Waals surface area contributed by atoms with E-state index < -0.39 is 10.0 Å². The number of halogens is 1. The zero-order valence-corrected chi connectivity index (χ0v) is 24.0. The normalized spacial score (nSPS) is 13.8. The number of fused-ring (bicyclic) bond motifs is 1. The summed E-state index contributed by atoms with van der Waals surface area (Å²) < 4.78 is 32.3. The van der Waals surface area contributed by atoms with E-state index in [4.69, 9.17) is 4.74 Å². The molecule has 2 aromatic carbocycles. The zero-order valence-electron chi connectivity index (χ0n) is 21.6. The summed E-state index contributed by atoms with van der Waals surface area (Å²) in [6.07, 6.45) is 5.84. The maximum Gasteiger partial charge on any atom is 0.232 e. The van der Waals surface area contributed by atoms with Gasteiger partial charge in [-0.2, -0.15) is 4.98 Å². The van der Waals surface area contributed by atoms with Crippen LogP contribution in [0.5, 0.6) is 5.75 Å². The van der Waals surface area contributed by atoms with E-state index >= 15 is 0 Å². The first-order valence-electron chi connectivity index (χ1n) is 12.1. The molecule has 12 nitrogen and oxygen atoms in total. The molecule has 5 rings (SSSR count). The number of nitrogens with zero attached hydrogens (tertiary/aromatic N) is 6. The van der Waals surface area contributed by atoms with Gasteiger partial charge in [0.2, 0.25) is 16.0 Å². The number of ether oxygens (including phenoxy) is 1. The number of anilines is 6. The predicted octanol–water partition coefficient (Wildman–Crippen LogP) is 3.48. The number of hydrogen-bond donors (Lipinski definition) is 3. The van der Waals surface area contributed by atoms with E-state index in [1.807, 2.05) is 18.2 Å². The molecular weight excluding hydrogens is 586 g/mol. The largest absolute Gasteiger partial charge is 0.495 e. The molecule has 0 radical (unpaired) electrons. The molecule has 3 N–H and O–H groups in total. The molecule has 0 spiro atoms. The molecule has 0 bridgehead atoms. The van der Waals surface area contributed by atoms with E-state index in [1.165, 1.54) is 17.5 Å². The monoisotopic (exact) mass is 613 g/mol. The molecule has 0 atom stereocenters. The van der Waals surface area contributed by atoms with Gasteiger partial charge in [-0.25, -0.2) is 13.4 Å². The van der Waals surface area contributed by atoms with E-state index in [2.05, 4.69) is 56.7 Å². The van der Waals surface area contributed by atoms with Gasteiger partial charge in [-0.3, -0.25) is 14.3 Å². The molecule has 0 amide bonds. The molecule has 3 heterocycles. The zero-order chi connectivity index (χ0) is 27.6. The van der Waals surface area contributed by atoms with E-state index in [-0.39, 0.29) is 0 Å². The van der Waals surface area contributed by atoms with Crippen molar-refractivity contribution in [3.8, 4) is 5.75 Å². The van der Waals surface area contributed by atoms with Gasteiger partial charge < -0.3 is 25.6 Å². The summed E-state index contributed by atoms with van der Waals surface area (Å²) in [6, 6.07) is 9.48. The van der Waals surface area contributed by atoms with Gasteiger partial charge in [0.25, 0.3) is 0 Å². The maximum absolute atomic E-state index is 12.5. The molecule has 0 aliphatic carbocycles. The third-order valence-corrected chi connectivity index (χ3v) is 8.09. The number of aromatic nitrogens is 4. The van der Waals surface area contributed by atoms with Gasteiger partial charge in [-0.1, -0.05) is 0 Å². The fourth-order valence-electron chi connectivity index (χ4n) is 4.28. The van der Waals surface area contributed by atoms with E-state index in [9.17, 15) is 8.42 Å². The second kappa shape index (κ2) is 11.2. The molecule has 4 aromatic rings. The number of piperazine rings is 1. The highest BCUT2D eigenvalue weighted by atomic mass is 79.9. The van der Waals surface area contributed by atoms with Crippen LogP contribution in [0.2, 0.25) is 0 Å². The smallest absolute Gasteiger partial charge is 0.232 e. The summed E-state index contributed by atoms with van der Waals surface area (Å²) in [5.41, 5.74) is 3.64. The van der Waals surface area contributed by atoms with Gasteiger partial charge in [0.05, 0.1) is 34.7 Å². The summed E-state index contributed by atoms with van der Waals surface area (Å²) in [4.78, 5) is 20.1. The minimum Gasteiger partial charge on any atom is -0.495 e. The third kappa shape index (κ3) is 5.82. The Bertz CT molecular complexity index is 1610. The van der Waals surface area contributed by atoms with E-state index in [1.54, 1.807) is 31.6 Å². The molecule has 1 aliphatic heterocycles. The summed E-state index contributed by atoms with van der Waals surface area (Å²) in [5, 5.41) is 9.88. The Morgan fingerprint density at radius 3 is 2.56 bits per heavy atom. The molecule has 14 heteroatoms. The highest BCUT2D eigenvalue weighted by molar-refractivity contribution is 9.10.